The molecule has 0 aliphatic carbocycles. The minimum atomic E-state index is -1.36. The molecule has 112 valence electrons. The minimum Gasteiger partial charge on any atom is -0.477 e. The first-order valence-corrected chi connectivity index (χ1v) is 6.46. The van der Waals surface area contributed by atoms with Crippen molar-refractivity contribution >= 4 is 34.4 Å². The molecule has 0 aliphatic rings. The van der Waals surface area contributed by atoms with Crippen molar-refractivity contribution in [1.29, 1.82) is 0 Å². The molecular formula is C14H13ClFNO4. The van der Waals surface area contributed by atoms with Crippen LogP contribution >= 0.6 is 11.6 Å². The highest BCUT2D eigenvalue weighted by Crippen LogP contribution is 2.31. The molecule has 0 radical (unpaired) electrons. The number of hydrogen-bond donors (Lipinski definition) is 2. The monoisotopic (exact) mass is 313 g/mol. The van der Waals surface area contributed by atoms with Gasteiger partial charge in [-0.2, -0.15) is 0 Å². The van der Waals surface area contributed by atoms with Crippen LogP contribution in [-0.4, -0.2) is 27.6 Å². The summed E-state index contributed by atoms with van der Waals surface area (Å²) in [7, 11) is 0. The second kappa shape index (κ2) is 5.04. The molecule has 0 spiro atoms. The Labute approximate surface area is 124 Å². The molecule has 0 bridgehead atoms. The third-order valence-electron chi connectivity index (χ3n) is 2.68. The van der Waals surface area contributed by atoms with Crippen molar-refractivity contribution in [3.63, 3.8) is 0 Å². The normalized spacial score (nSPS) is 11.7. The lowest BCUT2D eigenvalue weighted by atomic mass is 10.1. The Balaban J connectivity index is 2.71. The molecule has 1 heterocycles. The number of carboxylic acids is 1. The zero-order chi connectivity index (χ0) is 15.9. The number of esters is 1. The zero-order valence-corrected chi connectivity index (χ0v) is 12.3. The van der Waals surface area contributed by atoms with Crippen LogP contribution < -0.4 is 0 Å². The van der Waals surface area contributed by atoms with Crippen molar-refractivity contribution in [2.24, 2.45) is 0 Å². The number of carbonyl (C=O) groups excluding carboxylic acids is 1. The molecule has 2 N–H and O–H groups in total. The Morgan fingerprint density at radius 2 is 1.95 bits per heavy atom. The molecule has 0 saturated heterocycles. The van der Waals surface area contributed by atoms with Gasteiger partial charge in [0.2, 0.25) is 0 Å². The topological polar surface area (TPSA) is 79.4 Å². The first-order valence-electron chi connectivity index (χ1n) is 6.08. The fourth-order valence-electron chi connectivity index (χ4n) is 1.90. The largest absolute Gasteiger partial charge is 0.477 e. The van der Waals surface area contributed by atoms with Crippen LogP contribution in [0.1, 0.15) is 41.6 Å². The number of aromatic carboxylic acids is 1. The number of aromatic amines is 1. The van der Waals surface area contributed by atoms with Crippen molar-refractivity contribution in [2.45, 2.75) is 26.4 Å². The standard InChI is InChI=1S/C14H13ClFNO4/c1-14(2,3)21-13(20)8-6-4-5-7(16)9(15)10(6)17-11(8)12(18)19/h4-5,17H,1-3H3,(H,18,19). The molecule has 0 saturated carbocycles. The number of H-pyrrole nitrogens is 1. The van der Waals surface area contributed by atoms with Gasteiger partial charge in [0.1, 0.15) is 22.1 Å². The van der Waals surface area contributed by atoms with Gasteiger partial charge in [0, 0.05) is 5.39 Å². The Hall–Kier alpha value is -2.08. The van der Waals surface area contributed by atoms with Gasteiger partial charge < -0.3 is 14.8 Å². The van der Waals surface area contributed by atoms with E-state index in [1.807, 2.05) is 0 Å². The predicted octanol–water partition coefficient (Wildman–Crippen LogP) is 3.61. The van der Waals surface area contributed by atoms with Crippen molar-refractivity contribution in [3.05, 3.63) is 34.2 Å². The molecule has 21 heavy (non-hydrogen) atoms. The Kier molecular flexibility index (Phi) is 3.67. The first-order chi connectivity index (χ1) is 9.61. The molecule has 2 aromatic rings. The van der Waals surface area contributed by atoms with E-state index in [0.29, 0.717) is 0 Å². The highest BCUT2D eigenvalue weighted by atomic mass is 35.5. The summed E-state index contributed by atoms with van der Waals surface area (Å²) in [6.07, 6.45) is 0. The van der Waals surface area contributed by atoms with E-state index >= 15 is 0 Å². The SMILES string of the molecule is CC(C)(C)OC(=O)c1c(C(=O)O)[nH]c2c(Cl)c(F)ccc12. The average molecular weight is 314 g/mol. The van der Waals surface area contributed by atoms with Crippen LogP contribution in [0.5, 0.6) is 0 Å². The van der Waals surface area contributed by atoms with Crippen LogP contribution in [0.3, 0.4) is 0 Å². The van der Waals surface area contributed by atoms with Gasteiger partial charge in [0.25, 0.3) is 0 Å². The maximum Gasteiger partial charge on any atom is 0.353 e. The van der Waals surface area contributed by atoms with E-state index in [-0.39, 0.29) is 27.2 Å². The molecule has 1 aromatic carbocycles. The minimum absolute atomic E-state index is 0.0509. The van der Waals surface area contributed by atoms with Gasteiger partial charge in [0.15, 0.2) is 0 Å². The van der Waals surface area contributed by atoms with E-state index in [1.165, 1.54) is 6.07 Å². The van der Waals surface area contributed by atoms with Gasteiger partial charge in [0.05, 0.1) is 11.1 Å². The van der Waals surface area contributed by atoms with Crippen molar-refractivity contribution in [2.75, 3.05) is 0 Å². The lowest BCUT2D eigenvalue weighted by Gasteiger charge is -2.19. The van der Waals surface area contributed by atoms with Gasteiger partial charge in [-0.3, -0.25) is 0 Å². The molecule has 1 aromatic heterocycles. The highest BCUT2D eigenvalue weighted by molar-refractivity contribution is 6.36. The number of rotatable bonds is 2. The Bertz CT molecular complexity index is 745. The van der Waals surface area contributed by atoms with E-state index < -0.39 is 23.4 Å². The number of ether oxygens (including phenoxy) is 1. The third kappa shape index (κ3) is 2.85. The molecule has 0 fully saturated rings. The van der Waals surface area contributed by atoms with E-state index in [2.05, 4.69) is 4.98 Å². The van der Waals surface area contributed by atoms with Crippen LogP contribution in [0, 0.1) is 5.82 Å². The van der Waals surface area contributed by atoms with Crippen molar-refractivity contribution < 1.29 is 23.8 Å². The lowest BCUT2D eigenvalue weighted by molar-refractivity contribution is 0.00682. The molecule has 0 amide bonds. The van der Waals surface area contributed by atoms with Gasteiger partial charge in [-0.25, -0.2) is 14.0 Å². The summed E-state index contributed by atoms with van der Waals surface area (Å²) in [5.74, 6) is -2.88. The molecule has 0 atom stereocenters. The summed E-state index contributed by atoms with van der Waals surface area (Å²) >= 11 is 5.80. The fourth-order valence-corrected chi connectivity index (χ4v) is 2.12. The van der Waals surface area contributed by atoms with Crippen LogP contribution in [0.4, 0.5) is 4.39 Å². The number of carboxylic acid groups (broad SMARTS) is 1. The highest BCUT2D eigenvalue weighted by Gasteiger charge is 2.28. The van der Waals surface area contributed by atoms with Crippen molar-refractivity contribution in [3.8, 4) is 0 Å². The summed E-state index contributed by atoms with van der Waals surface area (Å²) in [6.45, 7) is 4.98. The first kappa shape index (κ1) is 15.3. The van der Waals surface area contributed by atoms with Crippen LogP contribution in [0.15, 0.2) is 12.1 Å². The zero-order valence-electron chi connectivity index (χ0n) is 11.6. The molecule has 5 nitrogen and oxygen atoms in total. The van der Waals surface area contributed by atoms with E-state index in [1.54, 1.807) is 20.8 Å². The summed E-state index contributed by atoms with van der Waals surface area (Å²) in [5, 5.41) is 9.13. The maximum atomic E-state index is 13.4. The summed E-state index contributed by atoms with van der Waals surface area (Å²) in [4.78, 5) is 26.0. The summed E-state index contributed by atoms with van der Waals surface area (Å²) in [6, 6.07) is 2.36. The molecule has 7 heteroatoms. The second-order valence-corrected chi connectivity index (χ2v) is 5.84. The van der Waals surface area contributed by atoms with Gasteiger partial charge in [-0.1, -0.05) is 11.6 Å². The number of aromatic nitrogens is 1. The number of hydrogen-bond acceptors (Lipinski definition) is 3. The van der Waals surface area contributed by atoms with Crippen LogP contribution in [0.2, 0.25) is 5.02 Å². The predicted molar refractivity (Wildman–Crippen MR) is 75.4 cm³/mol. The summed E-state index contributed by atoms with van der Waals surface area (Å²) < 4.78 is 18.6. The molecule has 0 aliphatic heterocycles. The summed E-state index contributed by atoms with van der Waals surface area (Å²) in [5.41, 5.74) is -1.30. The van der Waals surface area contributed by atoms with Gasteiger partial charge in [-0.15, -0.1) is 0 Å². The van der Waals surface area contributed by atoms with Crippen LogP contribution in [0.25, 0.3) is 10.9 Å². The molecular weight excluding hydrogens is 301 g/mol. The molecule has 0 unspecified atom stereocenters. The lowest BCUT2D eigenvalue weighted by Crippen LogP contribution is -2.24. The fraction of sp³-hybridized carbons (Fsp3) is 0.286. The number of fused-ring (bicyclic) bond motifs is 1. The quantitative estimate of drug-likeness (QED) is 0.830. The third-order valence-corrected chi connectivity index (χ3v) is 3.05. The van der Waals surface area contributed by atoms with Gasteiger partial charge >= 0.3 is 11.9 Å². The van der Waals surface area contributed by atoms with E-state index in [4.69, 9.17) is 16.3 Å². The molecule has 2 rings (SSSR count). The van der Waals surface area contributed by atoms with Crippen molar-refractivity contribution in [1.82, 2.24) is 4.98 Å². The number of carbonyl (C=O) groups is 2. The Morgan fingerprint density at radius 3 is 2.48 bits per heavy atom. The second-order valence-electron chi connectivity index (χ2n) is 5.47. The number of nitrogens with one attached hydrogen (secondary N) is 1. The Morgan fingerprint density at radius 1 is 1.33 bits per heavy atom. The van der Waals surface area contributed by atoms with E-state index in [0.717, 1.165) is 6.07 Å². The smallest absolute Gasteiger partial charge is 0.353 e. The number of halogens is 2. The number of benzene rings is 1. The maximum absolute atomic E-state index is 13.4. The van der Waals surface area contributed by atoms with Crippen LogP contribution in [-0.2, 0) is 4.74 Å². The van der Waals surface area contributed by atoms with E-state index in [9.17, 15) is 19.1 Å². The average Bonchev–Trinajstić information content (AvgIpc) is 2.72. The van der Waals surface area contributed by atoms with Gasteiger partial charge in [-0.05, 0) is 32.9 Å².